The first-order valence-corrected chi connectivity index (χ1v) is 6.81. The summed E-state index contributed by atoms with van der Waals surface area (Å²) in [6.45, 7) is 5.57. The average Bonchev–Trinajstić information content (AvgIpc) is 2.63. The molecule has 0 bridgehead atoms. The second kappa shape index (κ2) is 4.92. The van der Waals surface area contributed by atoms with Gasteiger partial charge in [0.2, 0.25) is 0 Å². The highest BCUT2D eigenvalue weighted by atomic mass is 79.9. The molecule has 0 radical (unpaired) electrons. The summed E-state index contributed by atoms with van der Waals surface area (Å²) in [5, 5.41) is 3.58. The Morgan fingerprint density at radius 2 is 2.12 bits per heavy atom. The van der Waals surface area contributed by atoms with Crippen molar-refractivity contribution >= 4 is 15.9 Å². The first-order valence-electron chi connectivity index (χ1n) is 6.02. The van der Waals surface area contributed by atoms with Gasteiger partial charge in [-0.3, -0.25) is 0 Å². The quantitative estimate of drug-likeness (QED) is 0.905. The Morgan fingerprint density at radius 3 is 2.69 bits per heavy atom. The molecule has 2 rings (SSSR count). The topological polar surface area (TPSA) is 25.2 Å². The summed E-state index contributed by atoms with van der Waals surface area (Å²) in [5.41, 5.74) is 0.545. The Kier molecular flexibility index (Phi) is 3.75. The van der Waals surface area contributed by atoms with E-state index >= 15 is 0 Å². The van der Waals surface area contributed by atoms with Gasteiger partial charge in [-0.2, -0.15) is 0 Å². The predicted molar refractivity (Wildman–Crippen MR) is 69.3 cm³/mol. The lowest BCUT2D eigenvalue weighted by Gasteiger charge is -2.34. The molecule has 0 unspecified atom stereocenters. The van der Waals surface area contributed by atoms with Crippen LogP contribution in [0.1, 0.15) is 45.3 Å². The van der Waals surface area contributed by atoms with Crippen LogP contribution in [0.5, 0.6) is 0 Å². The molecule has 2 nitrogen and oxygen atoms in total. The van der Waals surface area contributed by atoms with E-state index in [9.17, 15) is 0 Å². The minimum atomic E-state index is 0.545. The van der Waals surface area contributed by atoms with Gasteiger partial charge in [-0.15, -0.1) is 0 Å². The fraction of sp³-hybridized carbons (Fsp3) is 0.692. The second-order valence-corrected chi connectivity index (χ2v) is 6.37. The van der Waals surface area contributed by atoms with Crippen LogP contribution in [0.3, 0.4) is 0 Å². The molecule has 0 aromatic carbocycles. The largest absolute Gasteiger partial charge is 0.467 e. The summed E-state index contributed by atoms with van der Waals surface area (Å²) in [6, 6.07) is 2.60. The third kappa shape index (κ3) is 3.11. The molecule has 16 heavy (non-hydrogen) atoms. The Morgan fingerprint density at radius 1 is 1.44 bits per heavy atom. The molecule has 1 N–H and O–H groups in total. The Hall–Kier alpha value is -0.280. The maximum absolute atomic E-state index is 5.39. The molecular formula is C13H20BrNO. The molecule has 90 valence electrons. The SMILES string of the molecule is CC1(C)CCC(NCc2occc2Br)CC1. The smallest absolute Gasteiger partial charge is 0.131 e. The maximum Gasteiger partial charge on any atom is 0.131 e. The van der Waals surface area contributed by atoms with Gasteiger partial charge in [0.05, 0.1) is 17.3 Å². The van der Waals surface area contributed by atoms with Crippen molar-refractivity contribution in [2.45, 2.75) is 52.1 Å². The van der Waals surface area contributed by atoms with E-state index in [2.05, 4.69) is 35.1 Å². The predicted octanol–water partition coefficient (Wildman–Crippen LogP) is 4.10. The highest BCUT2D eigenvalue weighted by Crippen LogP contribution is 2.35. The lowest BCUT2D eigenvalue weighted by atomic mass is 9.75. The number of furan rings is 1. The van der Waals surface area contributed by atoms with Gasteiger partial charge in [-0.25, -0.2) is 0 Å². The molecule has 1 aromatic rings. The van der Waals surface area contributed by atoms with Crippen LogP contribution >= 0.6 is 15.9 Å². The number of rotatable bonds is 3. The van der Waals surface area contributed by atoms with Crippen molar-refractivity contribution < 1.29 is 4.42 Å². The van der Waals surface area contributed by atoms with Crippen LogP contribution in [0.2, 0.25) is 0 Å². The molecule has 1 saturated carbocycles. The van der Waals surface area contributed by atoms with Crippen LogP contribution in [0, 0.1) is 5.41 Å². The maximum atomic E-state index is 5.39. The zero-order chi connectivity index (χ0) is 11.6. The van der Waals surface area contributed by atoms with E-state index < -0.39 is 0 Å². The molecule has 1 heterocycles. The van der Waals surface area contributed by atoms with Crippen molar-refractivity contribution in [2.75, 3.05) is 0 Å². The van der Waals surface area contributed by atoms with E-state index in [-0.39, 0.29) is 0 Å². The number of hydrogen-bond acceptors (Lipinski definition) is 2. The number of nitrogens with one attached hydrogen (secondary N) is 1. The van der Waals surface area contributed by atoms with Crippen LogP contribution in [0.4, 0.5) is 0 Å². The molecular weight excluding hydrogens is 266 g/mol. The highest BCUT2D eigenvalue weighted by molar-refractivity contribution is 9.10. The van der Waals surface area contributed by atoms with Gasteiger partial charge in [0.15, 0.2) is 0 Å². The van der Waals surface area contributed by atoms with Gasteiger partial charge >= 0.3 is 0 Å². The molecule has 3 heteroatoms. The van der Waals surface area contributed by atoms with Crippen molar-refractivity contribution in [3.63, 3.8) is 0 Å². The molecule has 1 aliphatic carbocycles. The van der Waals surface area contributed by atoms with Crippen molar-refractivity contribution in [2.24, 2.45) is 5.41 Å². The van der Waals surface area contributed by atoms with E-state index in [1.807, 2.05) is 6.07 Å². The average molecular weight is 286 g/mol. The van der Waals surface area contributed by atoms with Crippen molar-refractivity contribution in [3.8, 4) is 0 Å². The normalized spacial score (nSPS) is 21.2. The summed E-state index contributed by atoms with van der Waals surface area (Å²) < 4.78 is 6.45. The van der Waals surface area contributed by atoms with E-state index in [1.165, 1.54) is 25.7 Å². The summed E-state index contributed by atoms with van der Waals surface area (Å²) >= 11 is 3.48. The molecule has 0 saturated heterocycles. The van der Waals surface area contributed by atoms with Crippen molar-refractivity contribution in [3.05, 3.63) is 22.6 Å². The fourth-order valence-corrected chi connectivity index (χ4v) is 2.63. The molecule has 0 aliphatic heterocycles. The zero-order valence-electron chi connectivity index (χ0n) is 10.1. The van der Waals surface area contributed by atoms with Crippen LogP contribution < -0.4 is 5.32 Å². The Labute approximate surface area is 106 Å². The van der Waals surface area contributed by atoms with Crippen LogP contribution in [0.25, 0.3) is 0 Å². The minimum absolute atomic E-state index is 0.545. The molecule has 1 aliphatic rings. The lowest BCUT2D eigenvalue weighted by Crippen LogP contribution is -2.35. The monoisotopic (exact) mass is 285 g/mol. The summed E-state index contributed by atoms with van der Waals surface area (Å²) in [4.78, 5) is 0. The van der Waals surface area contributed by atoms with E-state index in [0.29, 0.717) is 11.5 Å². The Bertz CT molecular complexity index is 335. The minimum Gasteiger partial charge on any atom is -0.467 e. The number of halogens is 1. The first-order chi connectivity index (χ1) is 7.57. The van der Waals surface area contributed by atoms with Gasteiger partial charge in [-0.05, 0) is 53.1 Å². The van der Waals surface area contributed by atoms with Gasteiger partial charge in [0.25, 0.3) is 0 Å². The molecule has 0 spiro atoms. The molecule has 1 aromatic heterocycles. The fourth-order valence-electron chi connectivity index (χ4n) is 2.29. The molecule has 0 amide bonds. The second-order valence-electron chi connectivity index (χ2n) is 5.51. The number of hydrogen-bond donors (Lipinski definition) is 1. The van der Waals surface area contributed by atoms with E-state index in [4.69, 9.17) is 4.42 Å². The van der Waals surface area contributed by atoms with Crippen LogP contribution in [-0.2, 0) is 6.54 Å². The van der Waals surface area contributed by atoms with Crippen molar-refractivity contribution in [1.82, 2.24) is 5.32 Å². The summed E-state index contributed by atoms with van der Waals surface area (Å²) in [6.07, 6.45) is 6.94. The highest BCUT2D eigenvalue weighted by Gasteiger charge is 2.26. The van der Waals surface area contributed by atoms with Crippen LogP contribution in [-0.4, -0.2) is 6.04 Å². The third-order valence-electron chi connectivity index (χ3n) is 3.58. The van der Waals surface area contributed by atoms with Gasteiger partial charge in [-0.1, -0.05) is 13.8 Å². The Balaban J connectivity index is 1.78. The van der Waals surface area contributed by atoms with Gasteiger partial charge in [0, 0.05) is 6.04 Å². The standard InChI is InChI=1S/C13H20BrNO/c1-13(2)6-3-10(4-7-13)15-9-12-11(14)5-8-16-12/h5,8,10,15H,3-4,6-7,9H2,1-2H3. The first kappa shape index (κ1) is 12.2. The van der Waals surface area contributed by atoms with Gasteiger partial charge in [0.1, 0.15) is 5.76 Å². The molecule has 1 fully saturated rings. The molecule has 0 atom stereocenters. The summed E-state index contributed by atoms with van der Waals surface area (Å²) in [5.74, 6) is 1.00. The lowest BCUT2D eigenvalue weighted by molar-refractivity contribution is 0.204. The summed E-state index contributed by atoms with van der Waals surface area (Å²) in [7, 11) is 0. The van der Waals surface area contributed by atoms with Crippen LogP contribution in [0.15, 0.2) is 21.2 Å². The third-order valence-corrected chi connectivity index (χ3v) is 4.29. The van der Waals surface area contributed by atoms with Gasteiger partial charge < -0.3 is 9.73 Å². The van der Waals surface area contributed by atoms with E-state index in [0.717, 1.165) is 16.8 Å². The van der Waals surface area contributed by atoms with Crippen molar-refractivity contribution in [1.29, 1.82) is 0 Å². The van der Waals surface area contributed by atoms with E-state index in [1.54, 1.807) is 6.26 Å². The zero-order valence-corrected chi connectivity index (χ0v) is 11.6.